The Balaban J connectivity index is 2.26. The van der Waals surface area contributed by atoms with E-state index >= 15 is 0 Å². The van der Waals surface area contributed by atoms with Gasteiger partial charge in [-0.15, -0.1) is 0 Å². The van der Waals surface area contributed by atoms with Crippen molar-refractivity contribution in [3.05, 3.63) is 63.6 Å². The van der Waals surface area contributed by atoms with Gasteiger partial charge in [-0.3, -0.25) is 4.79 Å². The number of carbonyl (C=O) groups excluding carboxylic acids is 1. The molecule has 0 saturated heterocycles. The van der Waals surface area contributed by atoms with Gasteiger partial charge >= 0.3 is 0 Å². The van der Waals surface area contributed by atoms with Crippen LogP contribution in [0.3, 0.4) is 0 Å². The predicted molar refractivity (Wildman–Crippen MR) is 114 cm³/mol. The molecular weight excluding hydrogens is 418 g/mol. The van der Waals surface area contributed by atoms with Crippen LogP contribution in [0.4, 0.5) is 0 Å². The fraction of sp³-hybridized carbons (Fsp3) is 0.304. The molecular formula is C23H24BrNO3. The van der Waals surface area contributed by atoms with Crippen LogP contribution in [0.1, 0.15) is 38.8 Å². The Bertz CT molecular complexity index is 903. The largest absolute Gasteiger partial charge is 0.490 e. The monoisotopic (exact) mass is 441 g/mol. The number of allylic oxidation sites excluding steroid dienone is 1. The molecule has 0 aliphatic carbocycles. The van der Waals surface area contributed by atoms with E-state index in [1.165, 1.54) is 0 Å². The second-order valence-corrected chi connectivity index (χ2v) is 8.22. The predicted octanol–water partition coefficient (Wildman–Crippen LogP) is 5.95. The maximum Gasteiger partial charge on any atom is 0.178 e. The quantitative estimate of drug-likeness (QED) is 0.393. The summed E-state index contributed by atoms with van der Waals surface area (Å²) < 4.78 is 12.6. The minimum Gasteiger partial charge on any atom is -0.490 e. The third-order valence-electron chi connectivity index (χ3n) is 3.93. The van der Waals surface area contributed by atoms with E-state index in [0.717, 1.165) is 10.0 Å². The third kappa shape index (κ3) is 5.97. The van der Waals surface area contributed by atoms with Gasteiger partial charge in [0, 0.05) is 9.89 Å². The summed E-state index contributed by atoms with van der Waals surface area (Å²) in [5.74, 6) is 1.000. The standard InChI is InChI=1S/C23H24BrNO3/c1-5-27-21-13-17(12-18(14-25)22(26)23(2,3)4)8-11-20(21)28-15-16-6-9-19(24)10-7-16/h6-13H,5,15H2,1-4H3/b18-12+. The number of hydrogen-bond acceptors (Lipinski definition) is 4. The summed E-state index contributed by atoms with van der Waals surface area (Å²) in [6, 6.07) is 15.3. The molecule has 4 nitrogen and oxygen atoms in total. The van der Waals surface area contributed by atoms with Crippen LogP contribution >= 0.6 is 15.9 Å². The van der Waals surface area contributed by atoms with Gasteiger partial charge in [-0.1, -0.05) is 54.9 Å². The van der Waals surface area contributed by atoms with Crippen molar-refractivity contribution in [3.8, 4) is 17.6 Å². The molecule has 0 N–H and O–H groups in total. The van der Waals surface area contributed by atoms with Crippen molar-refractivity contribution < 1.29 is 14.3 Å². The van der Waals surface area contributed by atoms with E-state index in [1.807, 2.05) is 43.3 Å². The fourth-order valence-corrected chi connectivity index (χ4v) is 2.73. The SMILES string of the molecule is CCOc1cc(/C=C(\C#N)C(=O)C(C)(C)C)ccc1OCc1ccc(Br)cc1. The van der Waals surface area contributed by atoms with Gasteiger partial charge in [-0.2, -0.15) is 5.26 Å². The van der Waals surface area contributed by atoms with Crippen LogP contribution in [-0.4, -0.2) is 12.4 Å². The number of hydrogen-bond donors (Lipinski definition) is 0. The van der Waals surface area contributed by atoms with Crippen LogP contribution in [0.15, 0.2) is 52.5 Å². The molecule has 0 saturated carbocycles. The molecule has 2 aromatic carbocycles. The van der Waals surface area contributed by atoms with Gasteiger partial charge in [0.15, 0.2) is 17.3 Å². The number of benzene rings is 2. The number of Topliss-reactive ketones (excluding diaryl/α,β-unsaturated/α-hetero) is 1. The smallest absolute Gasteiger partial charge is 0.178 e. The van der Waals surface area contributed by atoms with Gasteiger partial charge in [-0.25, -0.2) is 0 Å². The minimum absolute atomic E-state index is 0.124. The van der Waals surface area contributed by atoms with Crippen LogP contribution in [-0.2, 0) is 11.4 Å². The Morgan fingerprint density at radius 1 is 1.11 bits per heavy atom. The van der Waals surface area contributed by atoms with Crippen molar-refractivity contribution >= 4 is 27.8 Å². The summed E-state index contributed by atoms with van der Waals surface area (Å²) in [5.41, 5.74) is 1.27. The average Bonchev–Trinajstić information content (AvgIpc) is 2.65. The maximum atomic E-state index is 12.4. The van der Waals surface area contributed by atoms with E-state index in [-0.39, 0.29) is 11.4 Å². The zero-order valence-electron chi connectivity index (χ0n) is 16.6. The highest BCUT2D eigenvalue weighted by Gasteiger charge is 2.25. The minimum atomic E-state index is -0.613. The highest BCUT2D eigenvalue weighted by atomic mass is 79.9. The molecule has 0 aliphatic heterocycles. The zero-order valence-corrected chi connectivity index (χ0v) is 18.2. The van der Waals surface area contributed by atoms with Gasteiger partial charge < -0.3 is 9.47 Å². The molecule has 28 heavy (non-hydrogen) atoms. The molecule has 2 rings (SSSR count). The lowest BCUT2D eigenvalue weighted by Gasteiger charge is -2.16. The van der Waals surface area contributed by atoms with Crippen molar-refractivity contribution in [1.82, 2.24) is 0 Å². The Kier molecular flexibility index (Phi) is 7.42. The van der Waals surface area contributed by atoms with E-state index in [0.29, 0.717) is 30.3 Å². The van der Waals surface area contributed by atoms with Crippen molar-refractivity contribution in [2.45, 2.75) is 34.3 Å². The Morgan fingerprint density at radius 3 is 2.36 bits per heavy atom. The topological polar surface area (TPSA) is 59.3 Å². The highest BCUT2D eigenvalue weighted by Crippen LogP contribution is 2.31. The first-order valence-electron chi connectivity index (χ1n) is 9.05. The molecule has 0 amide bonds. The summed E-state index contributed by atoms with van der Waals surface area (Å²) in [4.78, 5) is 12.4. The zero-order chi connectivity index (χ0) is 20.7. The molecule has 0 fully saturated rings. The molecule has 0 atom stereocenters. The van der Waals surface area contributed by atoms with Gasteiger partial charge in [0.05, 0.1) is 12.2 Å². The summed E-state index contributed by atoms with van der Waals surface area (Å²) in [5, 5.41) is 9.38. The van der Waals surface area contributed by atoms with Gasteiger partial charge in [0.25, 0.3) is 0 Å². The van der Waals surface area contributed by atoms with E-state index < -0.39 is 5.41 Å². The summed E-state index contributed by atoms with van der Waals surface area (Å²) in [6.45, 7) is 8.18. The lowest BCUT2D eigenvalue weighted by Crippen LogP contribution is -2.21. The van der Waals surface area contributed by atoms with E-state index in [4.69, 9.17) is 9.47 Å². The first-order chi connectivity index (χ1) is 13.2. The summed E-state index contributed by atoms with van der Waals surface area (Å²) in [6.07, 6.45) is 1.59. The van der Waals surface area contributed by atoms with Crippen molar-refractivity contribution in [2.24, 2.45) is 5.41 Å². The van der Waals surface area contributed by atoms with Crippen LogP contribution in [0.2, 0.25) is 0 Å². The van der Waals surface area contributed by atoms with Crippen LogP contribution in [0.5, 0.6) is 11.5 Å². The van der Waals surface area contributed by atoms with Crippen LogP contribution < -0.4 is 9.47 Å². The average molecular weight is 442 g/mol. The molecule has 0 aliphatic rings. The number of nitrogens with zero attached hydrogens (tertiary/aromatic N) is 1. The van der Waals surface area contributed by atoms with E-state index in [9.17, 15) is 10.1 Å². The number of rotatable bonds is 7. The number of carbonyl (C=O) groups is 1. The number of ketones is 1. The molecule has 0 heterocycles. The van der Waals surface area contributed by atoms with Crippen molar-refractivity contribution in [2.75, 3.05) is 6.61 Å². The molecule has 0 radical (unpaired) electrons. The summed E-state index contributed by atoms with van der Waals surface area (Å²) >= 11 is 3.42. The number of halogens is 1. The first kappa shape index (κ1) is 21.7. The molecule has 2 aromatic rings. The van der Waals surface area contributed by atoms with Gasteiger partial charge in [-0.05, 0) is 48.4 Å². The normalized spacial score (nSPS) is 11.6. The van der Waals surface area contributed by atoms with Crippen LogP contribution in [0, 0.1) is 16.7 Å². The maximum absolute atomic E-state index is 12.4. The van der Waals surface area contributed by atoms with Gasteiger partial charge in [0.2, 0.25) is 0 Å². The molecule has 0 bridgehead atoms. The van der Waals surface area contributed by atoms with Crippen molar-refractivity contribution in [3.63, 3.8) is 0 Å². The Labute approximate surface area is 174 Å². The Morgan fingerprint density at radius 2 is 1.79 bits per heavy atom. The lowest BCUT2D eigenvalue weighted by atomic mass is 9.86. The Hall–Kier alpha value is -2.58. The lowest BCUT2D eigenvalue weighted by molar-refractivity contribution is -0.121. The van der Waals surface area contributed by atoms with Crippen molar-refractivity contribution in [1.29, 1.82) is 5.26 Å². The molecule has 5 heteroatoms. The van der Waals surface area contributed by atoms with Crippen LogP contribution in [0.25, 0.3) is 6.08 Å². The highest BCUT2D eigenvalue weighted by molar-refractivity contribution is 9.10. The molecule has 0 spiro atoms. The number of nitriles is 1. The first-order valence-corrected chi connectivity index (χ1v) is 9.84. The van der Waals surface area contributed by atoms with E-state index in [2.05, 4.69) is 15.9 Å². The van der Waals surface area contributed by atoms with E-state index in [1.54, 1.807) is 39.0 Å². The molecule has 0 aromatic heterocycles. The fourth-order valence-electron chi connectivity index (χ4n) is 2.46. The summed E-state index contributed by atoms with van der Waals surface area (Å²) in [7, 11) is 0. The second-order valence-electron chi connectivity index (χ2n) is 7.30. The number of ether oxygens (including phenoxy) is 2. The van der Waals surface area contributed by atoms with Gasteiger partial charge in [0.1, 0.15) is 12.7 Å². The molecule has 0 unspecified atom stereocenters. The molecule has 146 valence electrons. The third-order valence-corrected chi connectivity index (χ3v) is 4.46. The second kappa shape index (κ2) is 9.57.